The van der Waals surface area contributed by atoms with E-state index in [2.05, 4.69) is 21.0 Å². The van der Waals surface area contributed by atoms with Gasteiger partial charge in [-0.25, -0.2) is 4.98 Å². The molecular formula is C14H8N4. The van der Waals surface area contributed by atoms with Crippen LogP contribution in [-0.4, -0.2) is 15.0 Å². The predicted octanol–water partition coefficient (Wildman–Crippen LogP) is 2.56. The van der Waals surface area contributed by atoms with Gasteiger partial charge in [-0.1, -0.05) is 6.07 Å². The maximum absolute atomic E-state index is 8.87. The van der Waals surface area contributed by atoms with E-state index in [4.69, 9.17) is 5.26 Å². The first-order valence-electron chi connectivity index (χ1n) is 5.45. The van der Waals surface area contributed by atoms with Gasteiger partial charge in [0.05, 0.1) is 34.6 Å². The molecular weight excluding hydrogens is 224 g/mol. The van der Waals surface area contributed by atoms with Crippen LogP contribution in [0, 0.1) is 11.3 Å². The van der Waals surface area contributed by atoms with Crippen molar-refractivity contribution in [3.05, 3.63) is 54.4 Å². The van der Waals surface area contributed by atoms with Crippen LogP contribution < -0.4 is 0 Å². The zero-order chi connectivity index (χ0) is 12.4. The Morgan fingerprint density at radius 2 is 1.89 bits per heavy atom. The number of benzene rings is 1. The zero-order valence-corrected chi connectivity index (χ0v) is 9.41. The van der Waals surface area contributed by atoms with Crippen LogP contribution in [0.25, 0.3) is 22.4 Å². The van der Waals surface area contributed by atoms with Crippen LogP contribution in [-0.2, 0) is 0 Å². The van der Waals surface area contributed by atoms with E-state index in [1.165, 1.54) is 0 Å². The Balaban J connectivity index is 2.19. The third-order valence-electron chi connectivity index (χ3n) is 2.60. The summed E-state index contributed by atoms with van der Waals surface area (Å²) in [4.78, 5) is 13.0. The molecule has 0 bridgehead atoms. The average Bonchev–Trinajstić information content (AvgIpc) is 2.47. The van der Waals surface area contributed by atoms with Gasteiger partial charge < -0.3 is 0 Å². The summed E-state index contributed by atoms with van der Waals surface area (Å²) in [5.74, 6) is 0. The highest BCUT2D eigenvalue weighted by atomic mass is 14.8. The lowest BCUT2D eigenvalue weighted by molar-refractivity contribution is 1.23. The van der Waals surface area contributed by atoms with Gasteiger partial charge in [-0.2, -0.15) is 5.26 Å². The first-order chi connectivity index (χ1) is 8.86. The molecule has 0 spiro atoms. The Morgan fingerprint density at radius 1 is 0.944 bits per heavy atom. The normalized spacial score (nSPS) is 10.2. The molecule has 1 aromatic carbocycles. The van der Waals surface area contributed by atoms with E-state index < -0.39 is 0 Å². The number of fused-ring (bicyclic) bond motifs is 1. The molecule has 0 saturated heterocycles. The molecule has 0 amide bonds. The quantitative estimate of drug-likeness (QED) is 0.646. The molecule has 0 atom stereocenters. The maximum Gasteiger partial charge on any atom is 0.108 e. The second kappa shape index (κ2) is 4.22. The fourth-order valence-electron chi connectivity index (χ4n) is 1.72. The molecule has 4 nitrogen and oxygen atoms in total. The lowest BCUT2D eigenvalue weighted by Crippen LogP contribution is -1.91. The lowest BCUT2D eigenvalue weighted by Gasteiger charge is -2.01. The van der Waals surface area contributed by atoms with Gasteiger partial charge in [0.2, 0.25) is 0 Å². The Labute approximate surface area is 104 Å². The summed E-state index contributed by atoms with van der Waals surface area (Å²) in [5.41, 5.74) is 3.54. The van der Waals surface area contributed by atoms with Crippen LogP contribution >= 0.6 is 0 Å². The molecule has 2 heterocycles. The summed E-state index contributed by atoms with van der Waals surface area (Å²) in [6.45, 7) is 0. The monoisotopic (exact) mass is 232 g/mol. The summed E-state index contributed by atoms with van der Waals surface area (Å²) in [7, 11) is 0. The number of aromatic nitrogens is 3. The van der Waals surface area contributed by atoms with Crippen molar-refractivity contribution in [2.24, 2.45) is 0 Å². The zero-order valence-electron chi connectivity index (χ0n) is 9.41. The van der Waals surface area contributed by atoms with E-state index in [1.54, 1.807) is 30.6 Å². The third-order valence-corrected chi connectivity index (χ3v) is 2.60. The van der Waals surface area contributed by atoms with Crippen LogP contribution in [0.15, 0.2) is 48.8 Å². The second-order valence-electron chi connectivity index (χ2n) is 3.79. The van der Waals surface area contributed by atoms with Gasteiger partial charge in [0, 0.05) is 6.20 Å². The van der Waals surface area contributed by atoms with E-state index >= 15 is 0 Å². The van der Waals surface area contributed by atoms with Crippen molar-refractivity contribution in [1.29, 1.82) is 5.26 Å². The Morgan fingerprint density at radius 3 is 2.67 bits per heavy atom. The Kier molecular flexibility index (Phi) is 2.43. The molecule has 0 radical (unpaired) electrons. The smallest absolute Gasteiger partial charge is 0.108 e. The van der Waals surface area contributed by atoms with Gasteiger partial charge in [-0.15, -0.1) is 0 Å². The van der Waals surface area contributed by atoms with Gasteiger partial charge in [0.1, 0.15) is 5.69 Å². The summed E-state index contributed by atoms with van der Waals surface area (Å²) in [5, 5.41) is 8.87. The van der Waals surface area contributed by atoms with Crippen molar-refractivity contribution >= 4 is 11.0 Å². The highest BCUT2D eigenvalue weighted by molar-refractivity contribution is 5.77. The van der Waals surface area contributed by atoms with E-state index in [9.17, 15) is 0 Å². The standard InChI is InChI=1S/C14H8N4/c15-8-10-4-5-12-13(7-10)18-14(9-17-12)11-3-1-2-6-16-11/h1-7,9H. The van der Waals surface area contributed by atoms with Crippen LogP contribution in [0.3, 0.4) is 0 Å². The first-order valence-corrected chi connectivity index (χ1v) is 5.45. The fraction of sp³-hybridized carbons (Fsp3) is 0. The molecule has 2 aromatic heterocycles. The van der Waals surface area contributed by atoms with Gasteiger partial charge in [0.15, 0.2) is 0 Å². The summed E-state index contributed by atoms with van der Waals surface area (Å²) in [6, 6.07) is 13.0. The molecule has 0 saturated carbocycles. The summed E-state index contributed by atoms with van der Waals surface area (Å²) < 4.78 is 0. The van der Waals surface area contributed by atoms with Crippen molar-refractivity contribution in [2.75, 3.05) is 0 Å². The number of nitriles is 1. The minimum absolute atomic E-state index is 0.579. The van der Waals surface area contributed by atoms with Gasteiger partial charge in [0.25, 0.3) is 0 Å². The van der Waals surface area contributed by atoms with Crippen molar-refractivity contribution in [3.63, 3.8) is 0 Å². The first kappa shape index (κ1) is 10.4. The highest BCUT2D eigenvalue weighted by Crippen LogP contribution is 2.17. The van der Waals surface area contributed by atoms with Crippen molar-refractivity contribution in [1.82, 2.24) is 15.0 Å². The molecule has 0 aliphatic carbocycles. The molecule has 0 fully saturated rings. The van der Waals surface area contributed by atoms with Gasteiger partial charge in [-0.3, -0.25) is 9.97 Å². The average molecular weight is 232 g/mol. The summed E-state index contributed by atoms with van der Waals surface area (Å²) >= 11 is 0. The topological polar surface area (TPSA) is 62.5 Å². The second-order valence-corrected chi connectivity index (χ2v) is 3.79. The Bertz CT molecular complexity index is 745. The van der Waals surface area contributed by atoms with Crippen molar-refractivity contribution < 1.29 is 0 Å². The predicted molar refractivity (Wildman–Crippen MR) is 67.5 cm³/mol. The number of nitrogens with zero attached hydrogens (tertiary/aromatic N) is 4. The largest absolute Gasteiger partial charge is 0.255 e. The van der Waals surface area contributed by atoms with Crippen LogP contribution in [0.1, 0.15) is 5.56 Å². The highest BCUT2D eigenvalue weighted by Gasteiger charge is 2.04. The van der Waals surface area contributed by atoms with Gasteiger partial charge >= 0.3 is 0 Å². The number of hydrogen-bond acceptors (Lipinski definition) is 4. The maximum atomic E-state index is 8.87. The number of rotatable bonds is 1. The molecule has 18 heavy (non-hydrogen) atoms. The SMILES string of the molecule is N#Cc1ccc2ncc(-c3ccccn3)nc2c1. The van der Waals surface area contributed by atoms with Crippen LogP contribution in [0.2, 0.25) is 0 Å². The summed E-state index contributed by atoms with van der Waals surface area (Å²) in [6.07, 6.45) is 3.41. The third kappa shape index (κ3) is 1.78. The lowest BCUT2D eigenvalue weighted by atomic mass is 10.2. The van der Waals surface area contributed by atoms with Gasteiger partial charge in [-0.05, 0) is 30.3 Å². The van der Waals surface area contributed by atoms with Crippen LogP contribution in [0.4, 0.5) is 0 Å². The minimum Gasteiger partial charge on any atom is -0.255 e. The number of hydrogen-bond donors (Lipinski definition) is 0. The molecule has 0 N–H and O–H groups in total. The minimum atomic E-state index is 0.579. The molecule has 0 unspecified atom stereocenters. The molecule has 3 rings (SSSR count). The fourth-order valence-corrected chi connectivity index (χ4v) is 1.72. The molecule has 84 valence electrons. The van der Waals surface area contributed by atoms with Crippen molar-refractivity contribution in [2.45, 2.75) is 0 Å². The molecule has 0 aliphatic heterocycles. The van der Waals surface area contributed by atoms with Crippen LogP contribution in [0.5, 0.6) is 0 Å². The van der Waals surface area contributed by atoms with E-state index in [-0.39, 0.29) is 0 Å². The Hall–Kier alpha value is -2.80. The molecule has 3 aromatic rings. The van der Waals surface area contributed by atoms with Crippen molar-refractivity contribution in [3.8, 4) is 17.5 Å². The van der Waals surface area contributed by atoms with E-state index in [0.29, 0.717) is 16.8 Å². The van der Waals surface area contributed by atoms with E-state index in [1.807, 2.05) is 18.2 Å². The molecule has 4 heteroatoms. The van der Waals surface area contributed by atoms with E-state index in [0.717, 1.165) is 11.2 Å². The molecule has 0 aliphatic rings. The number of pyridine rings is 1.